The van der Waals surface area contributed by atoms with Gasteiger partial charge in [0.2, 0.25) is 0 Å². The predicted molar refractivity (Wildman–Crippen MR) is 60.2 cm³/mol. The van der Waals surface area contributed by atoms with E-state index in [1.807, 2.05) is 0 Å². The molecule has 1 aromatic rings. The van der Waals surface area contributed by atoms with Gasteiger partial charge in [0.15, 0.2) is 0 Å². The molecule has 1 amide bonds. The van der Waals surface area contributed by atoms with Crippen LogP contribution in [0.1, 0.15) is 0 Å². The Morgan fingerprint density at radius 3 is 2.36 bits per heavy atom. The molecular weight excluding hydrogens is 222 g/mol. The summed E-state index contributed by atoms with van der Waals surface area (Å²) in [5.74, 6) is 0.747. The summed E-state index contributed by atoms with van der Waals surface area (Å²) in [5, 5.41) is -0.511. The van der Waals surface area contributed by atoms with Crippen molar-refractivity contribution in [3.63, 3.8) is 0 Å². The van der Waals surface area contributed by atoms with Gasteiger partial charge in [-0.2, -0.15) is 0 Å². The first-order valence-electron chi connectivity index (χ1n) is 3.86. The normalized spacial score (nSPS) is 9.64. The minimum absolute atomic E-state index is 0.511. The van der Waals surface area contributed by atoms with Gasteiger partial charge in [-0.15, -0.1) is 0 Å². The molecule has 0 aliphatic heterocycles. The lowest BCUT2D eigenvalue weighted by molar-refractivity contribution is 0.267. The lowest BCUT2D eigenvalue weighted by Crippen LogP contribution is -2.15. The third kappa shape index (κ3) is 2.56. The summed E-state index contributed by atoms with van der Waals surface area (Å²) in [6.07, 6.45) is 1.78. The molecule has 5 heteroatoms. The monoisotopic (exact) mass is 231 g/mol. The van der Waals surface area contributed by atoms with Crippen LogP contribution in [0.5, 0.6) is 5.75 Å². The van der Waals surface area contributed by atoms with Crippen LogP contribution in [0.2, 0.25) is 0 Å². The Hall–Kier alpha value is -0.870. The quantitative estimate of drug-likeness (QED) is 0.455. The molecule has 0 aromatic heterocycles. The van der Waals surface area contributed by atoms with Gasteiger partial charge in [0.1, 0.15) is 5.75 Å². The highest BCUT2D eigenvalue weighted by Gasteiger charge is 2.11. The Kier molecular flexibility index (Phi) is 4.10. The van der Waals surface area contributed by atoms with Crippen LogP contribution in [0.3, 0.4) is 0 Å². The van der Waals surface area contributed by atoms with Crippen LogP contribution in [0, 0.1) is 0 Å². The molecule has 0 fully saturated rings. The van der Waals surface area contributed by atoms with E-state index in [2.05, 4.69) is 0 Å². The second-order valence-corrected chi connectivity index (χ2v) is 3.48. The summed E-state index contributed by atoms with van der Waals surface area (Å²) < 4.78 is 6.39. The lowest BCUT2D eigenvalue weighted by atomic mass is 10.3. The Morgan fingerprint density at radius 2 is 2.00 bits per heavy atom. The molecular formula is C9H10ClNO2S. The van der Waals surface area contributed by atoms with Crippen molar-refractivity contribution in [3.8, 4) is 5.75 Å². The molecule has 0 radical (unpaired) electrons. The van der Waals surface area contributed by atoms with Crippen molar-refractivity contribution in [2.24, 2.45) is 0 Å². The standard InChI is InChI=1S/C9H10ClNO2S/c1-13-8-5-3-7(4-6-8)11(14-2)9(10)12/h3-6H,1-2H3. The van der Waals surface area contributed by atoms with E-state index in [-0.39, 0.29) is 0 Å². The molecule has 14 heavy (non-hydrogen) atoms. The van der Waals surface area contributed by atoms with Gasteiger partial charge in [-0.3, -0.25) is 4.79 Å². The first-order valence-corrected chi connectivity index (χ1v) is 5.42. The van der Waals surface area contributed by atoms with Gasteiger partial charge in [-0.25, -0.2) is 4.31 Å². The maximum atomic E-state index is 11.0. The Bertz CT molecular complexity index is 315. The fourth-order valence-electron chi connectivity index (χ4n) is 0.996. The molecule has 0 saturated carbocycles. The summed E-state index contributed by atoms with van der Waals surface area (Å²) in [6, 6.07) is 7.10. The summed E-state index contributed by atoms with van der Waals surface area (Å²) in [7, 11) is 1.59. The lowest BCUT2D eigenvalue weighted by Gasteiger charge is -2.15. The molecule has 76 valence electrons. The Labute approximate surface area is 92.1 Å². The number of hydrogen-bond acceptors (Lipinski definition) is 3. The van der Waals surface area contributed by atoms with Gasteiger partial charge >= 0.3 is 5.37 Å². The first kappa shape index (κ1) is 11.2. The molecule has 3 nitrogen and oxygen atoms in total. The van der Waals surface area contributed by atoms with Crippen LogP contribution in [0.4, 0.5) is 10.5 Å². The predicted octanol–water partition coefficient (Wildman–Crippen LogP) is 3.14. The van der Waals surface area contributed by atoms with Crippen molar-refractivity contribution in [2.75, 3.05) is 17.7 Å². The van der Waals surface area contributed by atoms with E-state index in [1.165, 1.54) is 16.3 Å². The molecule has 1 rings (SSSR count). The van der Waals surface area contributed by atoms with Gasteiger partial charge in [0.25, 0.3) is 0 Å². The third-order valence-electron chi connectivity index (χ3n) is 1.65. The average molecular weight is 232 g/mol. The van der Waals surface area contributed by atoms with Crippen molar-refractivity contribution < 1.29 is 9.53 Å². The van der Waals surface area contributed by atoms with Crippen molar-refractivity contribution in [2.45, 2.75) is 0 Å². The van der Waals surface area contributed by atoms with Gasteiger partial charge < -0.3 is 4.74 Å². The second-order valence-electron chi connectivity index (χ2n) is 2.43. The average Bonchev–Trinajstić information content (AvgIpc) is 2.19. The molecule has 0 aliphatic rings. The van der Waals surface area contributed by atoms with Crippen molar-refractivity contribution in [1.29, 1.82) is 0 Å². The number of carbonyl (C=O) groups is 1. The molecule has 1 aromatic carbocycles. The van der Waals surface area contributed by atoms with Gasteiger partial charge in [0.05, 0.1) is 12.8 Å². The molecule has 0 bridgehead atoms. The highest BCUT2D eigenvalue weighted by molar-refractivity contribution is 8.00. The molecule has 0 unspecified atom stereocenters. The van der Waals surface area contributed by atoms with Crippen LogP contribution < -0.4 is 9.04 Å². The van der Waals surface area contributed by atoms with E-state index >= 15 is 0 Å². The van der Waals surface area contributed by atoms with E-state index in [4.69, 9.17) is 16.3 Å². The van der Waals surface area contributed by atoms with E-state index < -0.39 is 5.37 Å². The molecule has 0 N–H and O–H groups in total. The maximum Gasteiger partial charge on any atom is 0.330 e. The van der Waals surface area contributed by atoms with Gasteiger partial charge in [-0.1, -0.05) is 0 Å². The van der Waals surface area contributed by atoms with E-state index in [1.54, 1.807) is 37.6 Å². The minimum atomic E-state index is -0.511. The zero-order valence-electron chi connectivity index (χ0n) is 7.86. The number of halogens is 1. The molecule has 0 atom stereocenters. The summed E-state index contributed by atoms with van der Waals surface area (Å²) in [6.45, 7) is 0. The van der Waals surface area contributed by atoms with Crippen LogP contribution in [0.25, 0.3) is 0 Å². The number of nitrogens with zero attached hydrogens (tertiary/aromatic N) is 1. The Morgan fingerprint density at radius 1 is 1.43 bits per heavy atom. The van der Waals surface area contributed by atoms with Crippen LogP contribution in [-0.4, -0.2) is 18.7 Å². The number of benzene rings is 1. The highest BCUT2D eigenvalue weighted by atomic mass is 35.5. The number of carbonyl (C=O) groups excluding carboxylic acids is 1. The number of rotatable bonds is 3. The number of methoxy groups -OCH3 is 1. The third-order valence-corrected chi connectivity index (χ3v) is 2.66. The zero-order chi connectivity index (χ0) is 10.6. The second kappa shape index (κ2) is 5.12. The smallest absolute Gasteiger partial charge is 0.330 e. The van der Waals surface area contributed by atoms with Gasteiger partial charge in [0, 0.05) is 6.26 Å². The van der Waals surface area contributed by atoms with E-state index in [0.717, 1.165) is 11.4 Å². The van der Waals surface area contributed by atoms with Gasteiger partial charge in [-0.05, 0) is 47.8 Å². The topological polar surface area (TPSA) is 29.5 Å². The number of anilines is 1. The highest BCUT2D eigenvalue weighted by Crippen LogP contribution is 2.24. The SMILES string of the molecule is COc1ccc(N(SC)C(=O)Cl)cc1. The van der Waals surface area contributed by atoms with Crippen LogP contribution in [0.15, 0.2) is 24.3 Å². The van der Waals surface area contributed by atoms with Crippen LogP contribution >= 0.6 is 23.5 Å². The summed E-state index contributed by atoms with van der Waals surface area (Å²) >= 11 is 6.64. The zero-order valence-corrected chi connectivity index (χ0v) is 9.43. The van der Waals surface area contributed by atoms with Crippen LogP contribution in [-0.2, 0) is 0 Å². The fourth-order valence-corrected chi connectivity index (χ4v) is 1.78. The van der Waals surface area contributed by atoms with E-state index in [0.29, 0.717) is 0 Å². The number of ether oxygens (including phenoxy) is 1. The maximum absolute atomic E-state index is 11.0. The summed E-state index contributed by atoms with van der Waals surface area (Å²) in [5.41, 5.74) is 0.735. The van der Waals surface area contributed by atoms with Crippen molar-refractivity contribution >= 4 is 34.6 Å². The minimum Gasteiger partial charge on any atom is -0.497 e. The molecule has 0 heterocycles. The molecule has 0 saturated heterocycles. The van der Waals surface area contributed by atoms with Crippen molar-refractivity contribution in [3.05, 3.63) is 24.3 Å². The number of amides is 1. The molecule has 0 aliphatic carbocycles. The number of hydrogen-bond donors (Lipinski definition) is 0. The summed E-state index contributed by atoms with van der Waals surface area (Å²) in [4.78, 5) is 11.0. The van der Waals surface area contributed by atoms with Crippen molar-refractivity contribution in [1.82, 2.24) is 0 Å². The largest absolute Gasteiger partial charge is 0.497 e. The Balaban J connectivity index is 2.89. The first-order chi connectivity index (χ1) is 6.69. The molecule has 0 spiro atoms. The van der Waals surface area contributed by atoms with E-state index in [9.17, 15) is 4.79 Å². The fraction of sp³-hybridized carbons (Fsp3) is 0.222.